The van der Waals surface area contributed by atoms with E-state index in [1.165, 1.54) is 66.5 Å². The molecule has 0 fully saturated rings. The van der Waals surface area contributed by atoms with Crippen molar-refractivity contribution in [2.24, 2.45) is 0 Å². The zero-order valence-corrected chi connectivity index (χ0v) is 35.3. The molecule has 12 rings (SSSR count). The molecule has 0 spiro atoms. The van der Waals surface area contributed by atoms with E-state index in [0.29, 0.717) is 0 Å². The van der Waals surface area contributed by atoms with Gasteiger partial charge in [0.25, 0.3) is 0 Å². The highest BCUT2D eigenvalue weighted by atomic mass is 15.2. The monoisotopic (exact) mass is 820 g/mol. The zero-order valence-electron chi connectivity index (χ0n) is 35.3. The Balaban J connectivity index is 0.892. The van der Waals surface area contributed by atoms with Crippen LogP contribution < -0.4 is 9.80 Å². The van der Waals surface area contributed by atoms with Crippen LogP contribution in [0.4, 0.5) is 28.4 Å². The SMILES string of the molecule is C1=C(N(c2ccccc2)c2ccc(-c3ccc(N(c4ccccc4)c4ccc5c(c4)c4ccccc4n5-c4ccccc4)cc3)cc2)CCc2c1c1ccccc1n2-c1ccccc1. The van der Waals surface area contributed by atoms with Crippen LogP contribution in [0.15, 0.2) is 242 Å². The van der Waals surface area contributed by atoms with E-state index in [2.05, 4.69) is 262 Å². The number of allylic oxidation sites excluding steroid dienone is 1. The fourth-order valence-electron chi connectivity index (χ4n) is 9.90. The van der Waals surface area contributed by atoms with E-state index >= 15 is 0 Å². The van der Waals surface area contributed by atoms with Gasteiger partial charge in [-0.05, 0) is 133 Å². The van der Waals surface area contributed by atoms with Crippen molar-refractivity contribution in [3.8, 4) is 22.5 Å². The number of nitrogens with zero attached hydrogens (tertiary/aromatic N) is 4. The molecule has 0 saturated carbocycles. The summed E-state index contributed by atoms with van der Waals surface area (Å²) in [6, 6.07) is 85.4. The third kappa shape index (κ3) is 6.47. The lowest BCUT2D eigenvalue weighted by molar-refractivity contribution is 0.838. The summed E-state index contributed by atoms with van der Waals surface area (Å²) in [6.07, 6.45) is 4.30. The Morgan fingerprint density at radius 3 is 1.36 bits per heavy atom. The minimum atomic E-state index is 0.925. The Labute approximate surface area is 373 Å². The second-order valence-corrected chi connectivity index (χ2v) is 16.5. The predicted molar refractivity (Wildman–Crippen MR) is 269 cm³/mol. The van der Waals surface area contributed by atoms with Gasteiger partial charge < -0.3 is 18.9 Å². The van der Waals surface area contributed by atoms with Crippen molar-refractivity contribution in [3.05, 3.63) is 254 Å². The van der Waals surface area contributed by atoms with Gasteiger partial charge in [0.1, 0.15) is 0 Å². The van der Waals surface area contributed by atoms with E-state index < -0.39 is 0 Å². The van der Waals surface area contributed by atoms with Gasteiger partial charge in [0.2, 0.25) is 0 Å². The average Bonchev–Trinajstić information content (AvgIpc) is 3.88. The van der Waals surface area contributed by atoms with Gasteiger partial charge in [-0.25, -0.2) is 0 Å². The Morgan fingerprint density at radius 2 is 0.750 bits per heavy atom. The summed E-state index contributed by atoms with van der Waals surface area (Å²) in [5.41, 5.74) is 17.9. The molecule has 0 saturated heterocycles. The fraction of sp³-hybridized carbons (Fsp3) is 0.0333. The molecule has 2 aromatic heterocycles. The van der Waals surface area contributed by atoms with Crippen molar-refractivity contribution < 1.29 is 0 Å². The van der Waals surface area contributed by atoms with Crippen molar-refractivity contribution in [2.45, 2.75) is 12.8 Å². The van der Waals surface area contributed by atoms with Crippen molar-refractivity contribution in [2.75, 3.05) is 9.80 Å². The van der Waals surface area contributed by atoms with E-state index in [-0.39, 0.29) is 0 Å². The van der Waals surface area contributed by atoms with Gasteiger partial charge in [-0.3, -0.25) is 0 Å². The molecule has 0 unspecified atom stereocenters. The first-order valence-electron chi connectivity index (χ1n) is 22.1. The van der Waals surface area contributed by atoms with Crippen LogP contribution in [0.5, 0.6) is 0 Å². The molecule has 0 bridgehead atoms. The summed E-state index contributed by atoms with van der Waals surface area (Å²) in [5.74, 6) is 0. The first kappa shape index (κ1) is 37.4. The number of aromatic nitrogens is 2. The van der Waals surface area contributed by atoms with Gasteiger partial charge >= 0.3 is 0 Å². The molecule has 0 radical (unpaired) electrons. The Morgan fingerprint density at radius 1 is 0.312 bits per heavy atom. The number of para-hydroxylation sites is 6. The molecule has 1 aliphatic rings. The normalized spacial score (nSPS) is 12.3. The smallest absolute Gasteiger partial charge is 0.0542 e. The standard InChI is InChI=1S/C60H44N4/c1-5-17-45(18-6-1)61(51-37-39-59-55(41-51)53-25-13-15-27-57(53)63(59)47-21-9-3-10-22-47)49-33-29-43(30-34-49)44-31-35-50(36-32-44)62(46-19-7-2-8-20-46)52-38-40-60-56(42-52)54-26-14-16-28-58(54)64(60)48-23-11-4-12-24-48/h1-37,39,41-42H,38,40H2. The second-order valence-electron chi connectivity index (χ2n) is 16.5. The topological polar surface area (TPSA) is 16.3 Å². The van der Waals surface area contributed by atoms with E-state index in [1.54, 1.807) is 0 Å². The minimum absolute atomic E-state index is 0.925. The Hall–Kier alpha value is -8.34. The third-order valence-corrected chi connectivity index (χ3v) is 12.8. The second kappa shape index (κ2) is 15.8. The van der Waals surface area contributed by atoms with Crippen LogP contribution in [-0.4, -0.2) is 9.13 Å². The highest BCUT2D eigenvalue weighted by molar-refractivity contribution is 6.10. The molecule has 4 nitrogen and oxygen atoms in total. The van der Waals surface area contributed by atoms with Crippen molar-refractivity contribution >= 4 is 67.2 Å². The van der Waals surface area contributed by atoms with Crippen LogP contribution in [0.3, 0.4) is 0 Å². The van der Waals surface area contributed by atoms with Gasteiger partial charge in [-0.15, -0.1) is 0 Å². The van der Waals surface area contributed by atoms with Crippen LogP contribution in [-0.2, 0) is 6.42 Å². The molecule has 4 heteroatoms. The zero-order chi connectivity index (χ0) is 42.4. The van der Waals surface area contributed by atoms with Gasteiger partial charge in [0.15, 0.2) is 0 Å². The Bertz CT molecular complexity index is 3460. The van der Waals surface area contributed by atoms with Gasteiger partial charge in [-0.1, -0.05) is 133 Å². The summed E-state index contributed by atoms with van der Waals surface area (Å²) in [5, 5.41) is 3.75. The molecule has 1 aliphatic carbocycles. The highest BCUT2D eigenvalue weighted by Crippen LogP contribution is 2.43. The molecule has 0 N–H and O–H groups in total. The van der Waals surface area contributed by atoms with Crippen LogP contribution in [0.25, 0.3) is 61.3 Å². The molecule has 9 aromatic carbocycles. The number of rotatable bonds is 9. The van der Waals surface area contributed by atoms with Crippen molar-refractivity contribution in [1.29, 1.82) is 0 Å². The van der Waals surface area contributed by atoms with E-state index in [9.17, 15) is 0 Å². The summed E-state index contributed by atoms with van der Waals surface area (Å²) >= 11 is 0. The molecule has 2 heterocycles. The van der Waals surface area contributed by atoms with Crippen molar-refractivity contribution in [1.82, 2.24) is 9.13 Å². The number of fused-ring (bicyclic) bond motifs is 6. The maximum Gasteiger partial charge on any atom is 0.0542 e. The number of hydrogen-bond donors (Lipinski definition) is 0. The first-order valence-corrected chi connectivity index (χ1v) is 22.1. The lowest BCUT2D eigenvalue weighted by Crippen LogP contribution is -2.19. The first-order chi connectivity index (χ1) is 31.8. The summed E-state index contributed by atoms with van der Waals surface area (Å²) in [6.45, 7) is 0. The lowest BCUT2D eigenvalue weighted by Gasteiger charge is -2.30. The maximum absolute atomic E-state index is 2.45. The number of hydrogen-bond acceptors (Lipinski definition) is 2. The van der Waals surface area contributed by atoms with Crippen LogP contribution >= 0.6 is 0 Å². The van der Waals surface area contributed by atoms with Crippen LogP contribution in [0, 0.1) is 0 Å². The maximum atomic E-state index is 2.45. The van der Waals surface area contributed by atoms with E-state index in [1.807, 2.05) is 0 Å². The molecule has 11 aromatic rings. The molecule has 0 atom stereocenters. The van der Waals surface area contributed by atoms with E-state index in [0.717, 1.165) is 47.0 Å². The molecular formula is C60H44N4. The molecule has 304 valence electrons. The highest BCUT2D eigenvalue weighted by Gasteiger charge is 2.25. The van der Waals surface area contributed by atoms with Crippen LogP contribution in [0.1, 0.15) is 17.7 Å². The molecular weight excluding hydrogens is 777 g/mol. The summed E-state index contributed by atoms with van der Waals surface area (Å²) in [4.78, 5) is 4.80. The Kier molecular flexibility index (Phi) is 9.27. The largest absolute Gasteiger partial charge is 0.314 e. The number of anilines is 5. The minimum Gasteiger partial charge on any atom is -0.314 e. The molecule has 0 amide bonds. The van der Waals surface area contributed by atoms with Gasteiger partial charge in [0.05, 0.1) is 16.6 Å². The third-order valence-electron chi connectivity index (χ3n) is 12.8. The fourth-order valence-corrected chi connectivity index (χ4v) is 9.90. The molecule has 0 aliphatic heterocycles. The number of benzene rings is 9. The van der Waals surface area contributed by atoms with Gasteiger partial charge in [-0.2, -0.15) is 0 Å². The van der Waals surface area contributed by atoms with Crippen molar-refractivity contribution in [3.63, 3.8) is 0 Å². The van der Waals surface area contributed by atoms with Crippen LogP contribution in [0.2, 0.25) is 0 Å². The average molecular weight is 821 g/mol. The molecule has 64 heavy (non-hydrogen) atoms. The quantitative estimate of drug-likeness (QED) is 0.144. The lowest BCUT2D eigenvalue weighted by atomic mass is 9.97. The predicted octanol–water partition coefficient (Wildman–Crippen LogP) is 16.0. The summed E-state index contributed by atoms with van der Waals surface area (Å²) < 4.78 is 4.82. The summed E-state index contributed by atoms with van der Waals surface area (Å²) in [7, 11) is 0. The van der Waals surface area contributed by atoms with E-state index in [4.69, 9.17) is 0 Å². The van der Waals surface area contributed by atoms with Gasteiger partial charge in [0, 0.05) is 72.9 Å².